The standard InChI is InChI=1S/C13H13BFNO4/c1-16-8-7-13(18,12(16)17)6-5-9-3-2-4-10(11(9)15)14(19)20/h2-4,18-20H,7-8H2,1H3. The minimum absolute atomic E-state index is 0.105. The van der Waals surface area contributed by atoms with Crippen LogP contribution >= 0.6 is 0 Å². The van der Waals surface area contributed by atoms with Gasteiger partial charge in [0.2, 0.25) is 5.60 Å². The van der Waals surface area contributed by atoms with E-state index >= 15 is 0 Å². The molecule has 1 atom stereocenters. The maximum absolute atomic E-state index is 13.9. The van der Waals surface area contributed by atoms with Crippen LogP contribution in [-0.2, 0) is 4.79 Å². The van der Waals surface area contributed by atoms with Crippen LogP contribution in [0, 0.1) is 17.7 Å². The summed E-state index contributed by atoms with van der Waals surface area (Å²) in [6, 6.07) is 3.96. The maximum Gasteiger partial charge on any atom is 0.491 e. The number of benzene rings is 1. The Labute approximate surface area is 115 Å². The molecule has 0 bridgehead atoms. The number of hydrogen-bond acceptors (Lipinski definition) is 4. The molecule has 3 N–H and O–H groups in total. The van der Waals surface area contributed by atoms with Gasteiger partial charge in [0.1, 0.15) is 5.82 Å². The van der Waals surface area contributed by atoms with Gasteiger partial charge in [-0.25, -0.2) is 4.39 Å². The van der Waals surface area contributed by atoms with E-state index in [0.29, 0.717) is 6.54 Å². The normalized spacial score (nSPS) is 21.6. The minimum atomic E-state index is -1.95. The molecule has 0 radical (unpaired) electrons. The van der Waals surface area contributed by atoms with Crippen LogP contribution in [0.3, 0.4) is 0 Å². The van der Waals surface area contributed by atoms with Gasteiger partial charge >= 0.3 is 7.12 Å². The first-order valence-corrected chi connectivity index (χ1v) is 6.01. The Bertz CT molecular complexity index is 610. The Balaban J connectivity index is 2.35. The molecule has 104 valence electrons. The average Bonchev–Trinajstić information content (AvgIpc) is 2.66. The summed E-state index contributed by atoms with van der Waals surface area (Å²) in [6.45, 7) is 0.377. The lowest BCUT2D eigenvalue weighted by molar-refractivity contribution is -0.137. The van der Waals surface area contributed by atoms with Gasteiger partial charge in [0.25, 0.3) is 5.91 Å². The molecule has 5 nitrogen and oxygen atoms in total. The highest BCUT2D eigenvalue weighted by molar-refractivity contribution is 6.58. The van der Waals surface area contributed by atoms with Crippen LogP contribution in [0.4, 0.5) is 4.39 Å². The third kappa shape index (κ3) is 2.54. The van der Waals surface area contributed by atoms with Gasteiger partial charge in [-0.1, -0.05) is 24.0 Å². The van der Waals surface area contributed by atoms with E-state index in [-0.39, 0.29) is 17.4 Å². The number of nitrogens with zero attached hydrogens (tertiary/aromatic N) is 1. The third-order valence-corrected chi connectivity index (χ3v) is 3.22. The van der Waals surface area contributed by atoms with Crippen LogP contribution < -0.4 is 5.46 Å². The molecule has 2 rings (SSSR count). The van der Waals surface area contributed by atoms with Gasteiger partial charge in [-0.2, -0.15) is 0 Å². The number of carbonyl (C=O) groups excluding carboxylic acids is 1. The number of halogens is 1. The third-order valence-electron chi connectivity index (χ3n) is 3.22. The maximum atomic E-state index is 13.9. The van der Waals surface area contributed by atoms with E-state index < -0.39 is 24.4 Å². The topological polar surface area (TPSA) is 81.0 Å². The molecule has 0 aromatic heterocycles. The van der Waals surface area contributed by atoms with Gasteiger partial charge in [-0.3, -0.25) is 4.79 Å². The summed E-state index contributed by atoms with van der Waals surface area (Å²) in [5, 5.41) is 28.1. The highest BCUT2D eigenvalue weighted by Crippen LogP contribution is 2.20. The Morgan fingerprint density at radius 2 is 2.15 bits per heavy atom. The highest BCUT2D eigenvalue weighted by Gasteiger charge is 2.42. The van der Waals surface area contributed by atoms with E-state index in [4.69, 9.17) is 10.0 Å². The van der Waals surface area contributed by atoms with E-state index in [9.17, 15) is 14.3 Å². The van der Waals surface area contributed by atoms with Crippen molar-refractivity contribution in [3.8, 4) is 11.8 Å². The number of rotatable bonds is 1. The summed E-state index contributed by atoms with van der Waals surface area (Å²) in [6.07, 6.45) is 0.152. The molecule has 1 unspecified atom stereocenters. The largest absolute Gasteiger partial charge is 0.491 e. The average molecular weight is 277 g/mol. The van der Waals surface area contributed by atoms with Crippen molar-refractivity contribution in [2.24, 2.45) is 0 Å². The smallest absolute Gasteiger partial charge is 0.423 e. The summed E-state index contributed by atoms with van der Waals surface area (Å²) in [5.74, 6) is 3.37. The molecular formula is C13H13BFNO4. The minimum Gasteiger partial charge on any atom is -0.423 e. The van der Waals surface area contributed by atoms with Gasteiger partial charge in [0.05, 0.1) is 5.56 Å². The van der Waals surface area contributed by atoms with Crippen LogP contribution in [0.1, 0.15) is 12.0 Å². The molecule has 1 aliphatic rings. The first kappa shape index (κ1) is 14.5. The van der Waals surface area contributed by atoms with Gasteiger partial charge in [0, 0.05) is 25.5 Å². The highest BCUT2D eigenvalue weighted by atomic mass is 19.1. The fourth-order valence-electron chi connectivity index (χ4n) is 1.99. The molecule has 0 aliphatic carbocycles. The van der Waals surface area contributed by atoms with Gasteiger partial charge in [0.15, 0.2) is 0 Å². The van der Waals surface area contributed by atoms with Crippen molar-refractivity contribution in [3.63, 3.8) is 0 Å². The number of likely N-dealkylation sites (tertiary alicyclic amines) is 1. The Morgan fingerprint density at radius 3 is 2.70 bits per heavy atom. The van der Waals surface area contributed by atoms with Crippen LogP contribution in [0.2, 0.25) is 0 Å². The van der Waals surface area contributed by atoms with E-state index in [1.54, 1.807) is 7.05 Å². The lowest BCUT2D eigenvalue weighted by Gasteiger charge is -2.13. The number of hydrogen-bond donors (Lipinski definition) is 3. The molecular weight excluding hydrogens is 264 g/mol. The van der Waals surface area contributed by atoms with Crippen LogP contribution in [0.5, 0.6) is 0 Å². The number of likely N-dealkylation sites (N-methyl/N-ethyl adjacent to an activating group) is 1. The lowest BCUT2D eigenvalue weighted by Crippen LogP contribution is -2.37. The zero-order valence-corrected chi connectivity index (χ0v) is 10.8. The molecule has 1 aromatic carbocycles. The molecule has 1 aliphatic heterocycles. The van der Waals surface area contributed by atoms with Crippen LogP contribution in [0.25, 0.3) is 0 Å². The second-order valence-corrected chi connectivity index (χ2v) is 4.67. The quantitative estimate of drug-likeness (QED) is 0.429. The van der Waals surface area contributed by atoms with E-state index in [1.807, 2.05) is 0 Å². The summed E-state index contributed by atoms with van der Waals surface area (Å²) in [5.41, 5.74) is -2.22. The molecule has 1 aromatic rings. The van der Waals surface area contributed by atoms with Crippen molar-refractivity contribution in [2.75, 3.05) is 13.6 Å². The molecule has 0 spiro atoms. The van der Waals surface area contributed by atoms with E-state index in [1.165, 1.54) is 23.1 Å². The van der Waals surface area contributed by atoms with Crippen LogP contribution in [-0.4, -0.2) is 52.3 Å². The summed E-state index contributed by atoms with van der Waals surface area (Å²) in [7, 11) is -0.398. The molecule has 1 amide bonds. The zero-order valence-electron chi connectivity index (χ0n) is 10.8. The lowest BCUT2D eigenvalue weighted by atomic mass is 9.79. The van der Waals surface area contributed by atoms with Crippen molar-refractivity contribution >= 4 is 18.5 Å². The van der Waals surface area contributed by atoms with E-state index in [2.05, 4.69) is 11.8 Å². The van der Waals surface area contributed by atoms with Crippen molar-refractivity contribution in [1.29, 1.82) is 0 Å². The van der Waals surface area contributed by atoms with Gasteiger partial charge in [-0.05, 0) is 6.07 Å². The number of aliphatic hydroxyl groups is 1. The number of amides is 1. The second kappa shape index (κ2) is 5.25. The second-order valence-electron chi connectivity index (χ2n) is 4.67. The van der Waals surface area contributed by atoms with Crippen LogP contribution in [0.15, 0.2) is 18.2 Å². The molecule has 7 heteroatoms. The molecule has 1 saturated heterocycles. The van der Waals surface area contributed by atoms with Crippen molar-refractivity contribution < 1.29 is 24.3 Å². The molecule has 1 fully saturated rings. The summed E-state index contributed by atoms with van der Waals surface area (Å²) >= 11 is 0. The summed E-state index contributed by atoms with van der Waals surface area (Å²) < 4.78 is 13.9. The molecule has 1 heterocycles. The van der Waals surface area contributed by atoms with Crippen molar-refractivity contribution in [3.05, 3.63) is 29.6 Å². The molecule has 0 saturated carbocycles. The Kier molecular flexibility index (Phi) is 3.81. The van der Waals surface area contributed by atoms with Gasteiger partial charge < -0.3 is 20.1 Å². The Hall–Kier alpha value is -1.88. The predicted octanol–water partition coefficient (Wildman–Crippen LogP) is -1.55. The monoisotopic (exact) mass is 277 g/mol. The van der Waals surface area contributed by atoms with E-state index in [0.717, 1.165) is 0 Å². The fourth-order valence-corrected chi connectivity index (χ4v) is 1.99. The predicted molar refractivity (Wildman–Crippen MR) is 70.3 cm³/mol. The zero-order chi connectivity index (χ0) is 14.9. The SMILES string of the molecule is CN1CCC(O)(C#Cc2cccc(B(O)O)c2F)C1=O. The first-order valence-electron chi connectivity index (χ1n) is 6.01. The summed E-state index contributed by atoms with van der Waals surface area (Å²) in [4.78, 5) is 13.1. The first-order chi connectivity index (χ1) is 9.35. The number of carbonyl (C=O) groups is 1. The van der Waals surface area contributed by atoms with Crippen molar-refractivity contribution in [2.45, 2.75) is 12.0 Å². The Morgan fingerprint density at radius 1 is 1.45 bits per heavy atom. The van der Waals surface area contributed by atoms with Crippen molar-refractivity contribution in [1.82, 2.24) is 4.90 Å². The fraction of sp³-hybridized carbons (Fsp3) is 0.308. The van der Waals surface area contributed by atoms with Gasteiger partial charge in [-0.15, -0.1) is 0 Å². The molecule has 20 heavy (non-hydrogen) atoms.